The molecule has 0 atom stereocenters. The molecule has 0 fully saturated rings. The van der Waals surface area contributed by atoms with Gasteiger partial charge in [0.05, 0.1) is 4.92 Å². The highest BCUT2D eigenvalue weighted by atomic mass is 16.6. The zero-order valence-corrected chi connectivity index (χ0v) is 13.4. The molecule has 13 heteroatoms. The number of rotatable bonds is 9. The molecule has 26 heavy (non-hydrogen) atoms. The number of nitrogens with one attached hydrogen (secondary N) is 2. The lowest BCUT2D eigenvalue weighted by Gasteiger charge is -2.08. The Balaban J connectivity index is 1.73. The molecule has 0 saturated carbocycles. The van der Waals surface area contributed by atoms with Gasteiger partial charge in [-0.15, -0.1) is 0 Å². The monoisotopic (exact) mass is 365 g/mol. The van der Waals surface area contributed by atoms with Crippen LogP contribution in [0.3, 0.4) is 0 Å². The van der Waals surface area contributed by atoms with Gasteiger partial charge in [0.2, 0.25) is 5.91 Å². The number of amides is 2. The van der Waals surface area contributed by atoms with Crippen LogP contribution in [-0.2, 0) is 22.7 Å². The van der Waals surface area contributed by atoms with Crippen molar-refractivity contribution in [2.75, 3.05) is 13.1 Å². The highest BCUT2D eigenvalue weighted by Gasteiger charge is 2.14. The zero-order chi connectivity index (χ0) is 19.1. The number of aromatic nitrogens is 4. The summed E-state index contributed by atoms with van der Waals surface area (Å²) in [6.45, 7) is -0.432. The summed E-state index contributed by atoms with van der Waals surface area (Å²) in [5.74, 6) is -2.09. The normalized spacial score (nSPS) is 10.3. The first-order chi connectivity index (χ1) is 12.4. The van der Waals surface area contributed by atoms with E-state index < -0.39 is 29.3 Å². The second kappa shape index (κ2) is 8.36. The first-order valence-corrected chi connectivity index (χ1v) is 7.32. The molecular weight excluding hydrogens is 350 g/mol. The number of carboxylic acid groups (broad SMARTS) is 1. The summed E-state index contributed by atoms with van der Waals surface area (Å²) in [6.07, 6.45) is 3.47. The Hall–Kier alpha value is -3.77. The lowest BCUT2D eigenvalue weighted by molar-refractivity contribution is -0.385. The number of carbonyl (C=O) groups is 3. The second-order valence-electron chi connectivity index (χ2n) is 5.03. The fraction of sp³-hybridized carbons (Fsp3) is 0.308. The smallest absolute Gasteiger partial charge is 0.325 e. The Morgan fingerprint density at radius 3 is 2.58 bits per heavy atom. The van der Waals surface area contributed by atoms with Gasteiger partial charge in [-0.3, -0.25) is 29.2 Å². The van der Waals surface area contributed by atoms with Crippen molar-refractivity contribution >= 4 is 23.5 Å². The van der Waals surface area contributed by atoms with Gasteiger partial charge in [0.1, 0.15) is 31.2 Å². The van der Waals surface area contributed by atoms with Crippen LogP contribution >= 0.6 is 0 Å². The van der Waals surface area contributed by atoms with Crippen LogP contribution in [-0.4, -0.2) is 60.5 Å². The highest BCUT2D eigenvalue weighted by molar-refractivity contribution is 5.92. The number of carbonyl (C=O) groups excluding carboxylic acids is 2. The van der Waals surface area contributed by atoms with Gasteiger partial charge in [-0.25, -0.2) is 4.68 Å². The minimum atomic E-state index is -1.13. The topological polar surface area (TPSA) is 174 Å². The summed E-state index contributed by atoms with van der Waals surface area (Å²) in [5, 5.41) is 31.7. The third-order valence-corrected chi connectivity index (χ3v) is 3.10. The molecule has 0 spiro atoms. The number of aliphatic carboxylic acids is 1. The number of carboxylic acids is 1. The number of nitrogens with zero attached hydrogens (tertiary/aromatic N) is 5. The number of nitro groups is 1. The van der Waals surface area contributed by atoms with Gasteiger partial charge in [-0.05, 0) is 6.07 Å². The third kappa shape index (κ3) is 5.12. The number of hydrogen-bond acceptors (Lipinski definition) is 7. The minimum absolute atomic E-state index is 0.0857. The number of hydrogen-bond donors (Lipinski definition) is 3. The van der Waals surface area contributed by atoms with Gasteiger partial charge in [0, 0.05) is 19.3 Å². The van der Waals surface area contributed by atoms with Crippen molar-refractivity contribution in [2.45, 2.75) is 13.1 Å². The summed E-state index contributed by atoms with van der Waals surface area (Å²) in [5.41, 5.74) is -0.134. The van der Waals surface area contributed by atoms with Crippen molar-refractivity contribution in [1.82, 2.24) is 30.2 Å². The van der Waals surface area contributed by atoms with E-state index in [9.17, 15) is 24.5 Å². The Labute approximate surface area is 145 Å². The average molecular weight is 365 g/mol. The maximum atomic E-state index is 12.0. The first kappa shape index (κ1) is 18.6. The van der Waals surface area contributed by atoms with E-state index >= 15 is 0 Å². The molecule has 0 aliphatic rings. The second-order valence-corrected chi connectivity index (χ2v) is 5.03. The van der Waals surface area contributed by atoms with Crippen molar-refractivity contribution in [1.29, 1.82) is 0 Å². The Morgan fingerprint density at radius 1 is 1.19 bits per heavy atom. The summed E-state index contributed by atoms with van der Waals surface area (Å²) < 4.78 is 2.16. The summed E-state index contributed by atoms with van der Waals surface area (Å²) in [6, 6.07) is 1.38. The predicted octanol–water partition coefficient (Wildman–Crippen LogP) is -1.38. The minimum Gasteiger partial charge on any atom is -0.480 e. The average Bonchev–Trinajstić information content (AvgIpc) is 3.20. The summed E-state index contributed by atoms with van der Waals surface area (Å²) in [7, 11) is 0. The highest BCUT2D eigenvalue weighted by Crippen LogP contribution is 2.07. The van der Waals surface area contributed by atoms with Gasteiger partial charge >= 0.3 is 11.7 Å². The molecule has 0 radical (unpaired) electrons. The SMILES string of the molecule is O=C(O)Cn1nccc1C(=O)NCCNC(=O)Cn1cc([N+](=O)[O-])cn1. The Kier molecular flexibility index (Phi) is 5.97. The Bertz CT molecular complexity index is 827. The van der Waals surface area contributed by atoms with E-state index in [2.05, 4.69) is 20.8 Å². The molecule has 0 aromatic carbocycles. The molecule has 0 aliphatic heterocycles. The first-order valence-electron chi connectivity index (χ1n) is 7.32. The zero-order valence-electron chi connectivity index (χ0n) is 13.4. The van der Waals surface area contributed by atoms with E-state index in [-0.39, 0.29) is 31.0 Å². The van der Waals surface area contributed by atoms with Crippen LogP contribution in [0.1, 0.15) is 10.5 Å². The molecule has 0 aliphatic carbocycles. The van der Waals surface area contributed by atoms with Crippen molar-refractivity contribution in [3.63, 3.8) is 0 Å². The summed E-state index contributed by atoms with van der Waals surface area (Å²) >= 11 is 0. The molecule has 2 heterocycles. The van der Waals surface area contributed by atoms with Crippen LogP contribution in [0.15, 0.2) is 24.7 Å². The van der Waals surface area contributed by atoms with Gasteiger partial charge in [-0.2, -0.15) is 10.2 Å². The molecule has 2 rings (SSSR count). The van der Waals surface area contributed by atoms with Gasteiger partial charge < -0.3 is 15.7 Å². The predicted molar refractivity (Wildman–Crippen MR) is 84.1 cm³/mol. The third-order valence-electron chi connectivity index (χ3n) is 3.10. The van der Waals surface area contributed by atoms with E-state index in [1.165, 1.54) is 12.3 Å². The standard InChI is InChI=1S/C13H15N7O6/c21-11(7-18-6-9(5-17-18)20(25)26)14-3-4-15-13(24)10-1-2-16-19(10)8-12(22)23/h1-2,5-6H,3-4,7-8H2,(H,14,21)(H,15,24)(H,22,23). The maximum Gasteiger partial charge on any atom is 0.325 e. The van der Waals surface area contributed by atoms with Gasteiger partial charge in [0.15, 0.2) is 0 Å². The molecule has 13 nitrogen and oxygen atoms in total. The Morgan fingerprint density at radius 2 is 1.92 bits per heavy atom. The van der Waals surface area contributed by atoms with E-state index in [1.54, 1.807) is 0 Å². The van der Waals surface area contributed by atoms with Crippen LogP contribution in [0.4, 0.5) is 5.69 Å². The van der Waals surface area contributed by atoms with Crippen LogP contribution in [0.5, 0.6) is 0 Å². The van der Waals surface area contributed by atoms with Crippen LogP contribution in [0.2, 0.25) is 0 Å². The molecule has 0 bridgehead atoms. The van der Waals surface area contributed by atoms with Crippen molar-refractivity contribution in [3.05, 3.63) is 40.5 Å². The van der Waals surface area contributed by atoms with Crippen LogP contribution in [0, 0.1) is 10.1 Å². The van der Waals surface area contributed by atoms with Gasteiger partial charge in [0.25, 0.3) is 5.91 Å². The van der Waals surface area contributed by atoms with Crippen LogP contribution < -0.4 is 10.6 Å². The molecule has 2 amide bonds. The van der Waals surface area contributed by atoms with E-state index in [4.69, 9.17) is 5.11 Å². The fourth-order valence-electron chi connectivity index (χ4n) is 1.98. The molecular formula is C13H15N7O6. The van der Waals surface area contributed by atoms with E-state index in [1.807, 2.05) is 0 Å². The molecule has 2 aromatic rings. The van der Waals surface area contributed by atoms with E-state index in [0.717, 1.165) is 21.8 Å². The van der Waals surface area contributed by atoms with Crippen molar-refractivity contribution in [2.24, 2.45) is 0 Å². The quantitative estimate of drug-likeness (QED) is 0.277. The molecule has 0 saturated heterocycles. The molecule has 2 aromatic heterocycles. The van der Waals surface area contributed by atoms with Crippen molar-refractivity contribution < 1.29 is 24.4 Å². The lowest BCUT2D eigenvalue weighted by Crippen LogP contribution is -2.37. The lowest BCUT2D eigenvalue weighted by atomic mass is 10.4. The van der Waals surface area contributed by atoms with Gasteiger partial charge in [-0.1, -0.05) is 0 Å². The van der Waals surface area contributed by atoms with Crippen LogP contribution in [0.25, 0.3) is 0 Å². The van der Waals surface area contributed by atoms with Crippen molar-refractivity contribution in [3.8, 4) is 0 Å². The molecule has 3 N–H and O–H groups in total. The maximum absolute atomic E-state index is 12.0. The summed E-state index contributed by atoms with van der Waals surface area (Å²) in [4.78, 5) is 44.3. The molecule has 0 unspecified atom stereocenters. The van der Waals surface area contributed by atoms with E-state index in [0.29, 0.717) is 0 Å². The fourth-order valence-corrected chi connectivity index (χ4v) is 1.98. The molecule has 138 valence electrons. The largest absolute Gasteiger partial charge is 0.480 e.